The average molecular weight is 281 g/mol. The molecule has 1 fully saturated rings. The van der Waals surface area contributed by atoms with Gasteiger partial charge in [0, 0.05) is 18.2 Å². The van der Waals surface area contributed by atoms with Crippen LogP contribution in [0, 0.1) is 21.8 Å². The maximum atomic E-state index is 13.3. The van der Waals surface area contributed by atoms with Gasteiger partial charge in [-0.05, 0) is 37.9 Å². The van der Waals surface area contributed by atoms with E-state index in [1.807, 2.05) is 0 Å². The SMILES string of the molecule is O=C(NCC1CCNCC1)c1cc(F)cc([N+](=O)[O-])c1. The Bertz CT molecular complexity index is 516. The van der Waals surface area contributed by atoms with Crippen molar-refractivity contribution in [3.63, 3.8) is 0 Å². The lowest BCUT2D eigenvalue weighted by Crippen LogP contribution is -2.36. The number of hydrogen-bond acceptors (Lipinski definition) is 4. The second-order valence-electron chi connectivity index (χ2n) is 4.86. The Hall–Kier alpha value is -2.02. The van der Waals surface area contributed by atoms with Gasteiger partial charge >= 0.3 is 0 Å². The minimum absolute atomic E-state index is 0.0226. The summed E-state index contributed by atoms with van der Waals surface area (Å²) in [5.41, 5.74) is -0.442. The number of rotatable bonds is 4. The Kier molecular flexibility index (Phi) is 4.62. The standard InChI is InChI=1S/C13H16FN3O3/c14-11-5-10(6-12(7-11)17(19)20)13(18)16-8-9-1-3-15-4-2-9/h5-7,9,15H,1-4,8H2,(H,16,18). The van der Waals surface area contributed by atoms with Crippen LogP contribution in [0.5, 0.6) is 0 Å². The molecular weight excluding hydrogens is 265 g/mol. The van der Waals surface area contributed by atoms with Gasteiger partial charge in [0.05, 0.1) is 11.0 Å². The Morgan fingerprint density at radius 1 is 1.40 bits per heavy atom. The molecule has 0 saturated carbocycles. The summed E-state index contributed by atoms with van der Waals surface area (Å²) in [5.74, 6) is -0.874. The molecule has 0 aliphatic carbocycles. The molecule has 1 aliphatic heterocycles. The number of nitro benzene ring substituents is 1. The van der Waals surface area contributed by atoms with Crippen molar-refractivity contribution in [2.24, 2.45) is 5.92 Å². The third-order valence-electron chi connectivity index (χ3n) is 3.37. The molecule has 0 bridgehead atoms. The normalized spacial score (nSPS) is 15.8. The lowest BCUT2D eigenvalue weighted by Gasteiger charge is -2.22. The first-order valence-electron chi connectivity index (χ1n) is 6.50. The predicted molar refractivity (Wildman–Crippen MR) is 71.0 cm³/mol. The van der Waals surface area contributed by atoms with Crippen LogP contribution >= 0.6 is 0 Å². The average Bonchev–Trinajstić information content (AvgIpc) is 2.45. The van der Waals surface area contributed by atoms with Gasteiger partial charge in [-0.15, -0.1) is 0 Å². The van der Waals surface area contributed by atoms with E-state index in [0.717, 1.165) is 44.1 Å². The van der Waals surface area contributed by atoms with Crippen LogP contribution in [0.3, 0.4) is 0 Å². The molecule has 6 nitrogen and oxygen atoms in total. The molecule has 1 saturated heterocycles. The summed E-state index contributed by atoms with van der Waals surface area (Å²) in [7, 11) is 0. The Balaban J connectivity index is 1.99. The van der Waals surface area contributed by atoms with Crippen LogP contribution < -0.4 is 10.6 Å². The van der Waals surface area contributed by atoms with Crippen LogP contribution in [0.2, 0.25) is 0 Å². The third-order valence-corrected chi connectivity index (χ3v) is 3.37. The number of nitro groups is 1. The van der Waals surface area contributed by atoms with Gasteiger partial charge in [0.2, 0.25) is 0 Å². The van der Waals surface area contributed by atoms with Gasteiger partial charge in [0.25, 0.3) is 11.6 Å². The molecule has 108 valence electrons. The van der Waals surface area contributed by atoms with Gasteiger partial charge < -0.3 is 10.6 Å². The van der Waals surface area contributed by atoms with E-state index >= 15 is 0 Å². The van der Waals surface area contributed by atoms with Crippen molar-refractivity contribution < 1.29 is 14.1 Å². The smallest absolute Gasteiger partial charge is 0.273 e. The molecule has 20 heavy (non-hydrogen) atoms. The largest absolute Gasteiger partial charge is 0.352 e. The predicted octanol–water partition coefficient (Wildman–Crippen LogP) is 1.46. The number of halogens is 1. The molecule has 0 radical (unpaired) electrons. The van der Waals surface area contributed by atoms with Gasteiger partial charge in [0.15, 0.2) is 0 Å². The monoisotopic (exact) mass is 281 g/mol. The first kappa shape index (κ1) is 14.4. The third kappa shape index (κ3) is 3.74. The zero-order valence-corrected chi connectivity index (χ0v) is 10.9. The molecule has 0 aromatic heterocycles. The molecular formula is C13H16FN3O3. The number of nitrogens with zero attached hydrogens (tertiary/aromatic N) is 1. The lowest BCUT2D eigenvalue weighted by molar-refractivity contribution is -0.385. The van der Waals surface area contributed by atoms with E-state index in [-0.39, 0.29) is 5.56 Å². The summed E-state index contributed by atoms with van der Waals surface area (Å²) in [6, 6.07) is 2.88. The molecule has 1 aromatic carbocycles. The highest BCUT2D eigenvalue weighted by atomic mass is 19.1. The second-order valence-corrected chi connectivity index (χ2v) is 4.86. The maximum absolute atomic E-state index is 13.3. The number of benzene rings is 1. The number of carbonyl (C=O) groups is 1. The summed E-state index contributed by atoms with van der Waals surface area (Å²) in [6.45, 7) is 2.35. The molecule has 1 heterocycles. The highest BCUT2D eigenvalue weighted by Crippen LogP contribution is 2.16. The molecule has 0 atom stereocenters. The molecule has 7 heteroatoms. The first-order chi connectivity index (χ1) is 9.56. The van der Waals surface area contributed by atoms with E-state index in [9.17, 15) is 19.3 Å². The van der Waals surface area contributed by atoms with Gasteiger partial charge in [-0.2, -0.15) is 0 Å². The van der Waals surface area contributed by atoms with E-state index in [1.165, 1.54) is 0 Å². The van der Waals surface area contributed by atoms with Crippen LogP contribution in [-0.4, -0.2) is 30.5 Å². The van der Waals surface area contributed by atoms with Crippen LogP contribution in [0.15, 0.2) is 18.2 Å². The van der Waals surface area contributed by atoms with E-state index < -0.39 is 22.3 Å². The number of piperidine rings is 1. The highest BCUT2D eigenvalue weighted by Gasteiger charge is 2.17. The van der Waals surface area contributed by atoms with E-state index in [4.69, 9.17) is 0 Å². The molecule has 1 aliphatic rings. The number of hydrogen-bond donors (Lipinski definition) is 2. The van der Waals surface area contributed by atoms with Gasteiger partial charge in [-0.3, -0.25) is 14.9 Å². The van der Waals surface area contributed by atoms with E-state index in [1.54, 1.807) is 0 Å². The Morgan fingerprint density at radius 2 is 2.10 bits per heavy atom. The fourth-order valence-corrected chi connectivity index (χ4v) is 2.24. The van der Waals surface area contributed by atoms with Crippen LogP contribution in [0.4, 0.5) is 10.1 Å². The van der Waals surface area contributed by atoms with Crippen molar-refractivity contribution in [1.82, 2.24) is 10.6 Å². The number of nitrogens with one attached hydrogen (secondary N) is 2. The minimum atomic E-state index is -0.786. The summed E-state index contributed by atoms with van der Waals surface area (Å²) < 4.78 is 13.3. The molecule has 0 spiro atoms. The topological polar surface area (TPSA) is 84.3 Å². The number of amides is 1. The van der Waals surface area contributed by atoms with Crippen LogP contribution in [0.25, 0.3) is 0 Å². The maximum Gasteiger partial charge on any atom is 0.273 e. The van der Waals surface area contributed by atoms with Crippen molar-refractivity contribution in [2.45, 2.75) is 12.8 Å². The van der Waals surface area contributed by atoms with Crippen molar-refractivity contribution in [3.05, 3.63) is 39.7 Å². The highest BCUT2D eigenvalue weighted by molar-refractivity contribution is 5.94. The lowest BCUT2D eigenvalue weighted by atomic mass is 9.98. The molecule has 2 N–H and O–H groups in total. The van der Waals surface area contributed by atoms with Gasteiger partial charge in [0.1, 0.15) is 5.82 Å². The number of non-ortho nitro benzene ring substituents is 1. The molecule has 0 unspecified atom stereocenters. The van der Waals surface area contributed by atoms with E-state index in [2.05, 4.69) is 10.6 Å². The summed E-state index contributed by atoms with van der Waals surface area (Å²) in [6.07, 6.45) is 1.95. The quantitative estimate of drug-likeness (QED) is 0.646. The Labute approximate surface area is 115 Å². The van der Waals surface area contributed by atoms with Crippen molar-refractivity contribution in [2.75, 3.05) is 19.6 Å². The zero-order chi connectivity index (χ0) is 14.5. The van der Waals surface area contributed by atoms with Crippen molar-refractivity contribution >= 4 is 11.6 Å². The fourth-order valence-electron chi connectivity index (χ4n) is 2.24. The minimum Gasteiger partial charge on any atom is -0.352 e. The van der Waals surface area contributed by atoms with E-state index in [0.29, 0.717) is 12.5 Å². The van der Waals surface area contributed by atoms with Gasteiger partial charge in [-0.25, -0.2) is 4.39 Å². The van der Waals surface area contributed by atoms with Crippen LogP contribution in [-0.2, 0) is 0 Å². The first-order valence-corrected chi connectivity index (χ1v) is 6.50. The van der Waals surface area contributed by atoms with Crippen molar-refractivity contribution in [3.8, 4) is 0 Å². The summed E-state index contributed by atoms with van der Waals surface area (Å²) >= 11 is 0. The number of carbonyl (C=O) groups excluding carboxylic acids is 1. The van der Waals surface area contributed by atoms with Gasteiger partial charge in [-0.1, -0.05) is 0 Å². The molecule has 1 amide bonds. The van der Waals surface area contributed by atoms with Crippen molar-refractivity contribution in [1.29, 1.82) is 0 Å². The summed E-state index contributed by atoms with van der Waals surface area (Å²) in [4.78, 5) is 21.8. The zero-order valence-electron chi connectivity index (χ0n) is 10.9. The molecule has 2 rings (SSSR count). The Morgan fingerprint density at radius 3 is 2.75 bits per heavy atom. The fraction of sp³-hybridized carbons (Fsp3) is 0.462. The molecule has 1 aromatic rings. The second kappa shape index (κ2) is 6.42. The summed E-state index contributed by atoms with van der Waals surface area (Å²) in [5, 5.41) is 16.6. The van der Waals surface area contributed by atoms with Crippen LogP contribution in [0.1, 0.15) is 23.2 Å².